The molecular formula is C25H33N3O. The van der Waals surface area contributed by atoms with Crippen molar-refractivity contribution in [3.05, 3.63) is 64.6 Å². The van der Waals surface area contributed by atoms with Crippen LogP contribution in [0.25, 0.3) is 5.57 Å². The van der Waals surface area contributed by atoms with Crippen molar-refractivity contribution in [2.75, 3.05) is 6.61 Å². The van der Waals surface area contributed by atoms with Crippen molar-refractivity contribution in [2.45, 2.75) is 65.7 Å². The van der Waals surface area contributed by atoms with Gasteiger partial charge in [-0.05, 0) is 75.1 Å². The number of aryl methyl sites for hydroxylation is 2. The Labute approximate surface area is 174 Å². The first-order chi connectivity index (χ1) is 14.2. The minimum absolute atomic E-state index is 0.464. The predicted octanol–water partition coefficient (Wildman–Crippen LogP) is 6.18. The summed E-state index contributed by atoms with van der Waals surface area (Å²) in [6.45, 7) is 7.24. The first-order valence-corrected chi connectivity index (χ1v) is 11.3. The summed E-state index contributed by atoms with van der Waals surface area (Å²) in [5, 5.41) is 0. The Balaban J connectivity index is 1.87. The van der Waals surface area contributed by atoms with E-state index in [1.54, 1.807) is 0 Å². The van der Waals surface area contributed by atoms with Gasteiger partial charge < -0.3 is 14.7 Å². The van der Waals surface area contributed by atoms with Crippen LogP contribution in [-0.2, 0) is 17.6 Å². The molecule has 1 unspecified atom stereocenters. The van der Waals surface area contributed by atoms with Crippen molar-refractivity contribution in [1.82, 2.24) is 9.97 Å². The maximum Gasteiger partial charge on any atom is 0.147 e. The second kappa shape index (κ2) is 8.89. The van der Waals surface area contributed by atoms with E-state index in [0.717, 1.165) is 48.5 Å². The van der Waals surface area contributed by atoms with Crippen molar-refractivity contribution >= 4 is 11.3 Å². The predicted molar refractivity (Wildman–Crippen MR) is 120 cm³/mol. The van der Waals surface area contributed by atoms with E-state index in [1.165, 1.54) is 41.8 Å². The average molecular weight is 392 g/mol. The lowest BCUT2D eigenvalue weighted by atomic mass is 9.87. The zero-order valence-electron chi connectivity index (χ0n) is 18.0. The van der Waals surface area contributed by atoms with E-state index in [-0.39, 0.29) is 0 Å². The van der Waals surface area contributed by atoms with Gasteiger partial charge in [-0.25, -0.2) is 4.99 Å². The van der Waals surface area contributed by atoms with E-state index in [0.29, 0.717) is 12.5 Å². The second-order valence-corrected chi connectivity index (χ2v) is 8.07. The molecule has 29 heavy (non-hydrogen) atoms. The fraction of sp³-hybridized carbons (Fsp3) is 0.480. The maximum absolute atomic E-state index is 6.08. The molecule has 0 aromatic carbocycles. The Morgan fingerprint density at radius 2 is 2.07 bits per heavy atom. The summed E-state index contributed by atoms with van der Waals surface area (Å²) in [4.78, 5) is 12.2. The number of hydrogen-bond donors (Lipinski definition) is 2. The SMILES string of the molecule is CCCC(CC)C(=C1N=C(c2ccc[nH]2)C=C1OCC)c1cc2c([nH]1)CCCC2. The van der Waals surface area contributed by atoms with Gasteiger partial charge in [0.25, 0.3) is 0 Å². The first kappa shape index (κ1) is 19.8. The zero-order valence-corrected chi connectivity index (χ0v) is 18.0. The Hall–Kier alpha value is -2.49. The highest BCUT2D eigenvalue weighted by Crippen LogP contribution is 2.39. The molecule has 0 radical (unpaired) electrons. The number of nitrogens with one attached hydrogen (secondary N) is 2. The van der Waals surface area contributed by atoms with Gasteiger partial charge in [0.2, 0.25) is 0 Å². The number of fused-ring (bicyclic) bond motifs is 1. The largest absolute Gasteiger partial charge is 0.492 e. The van der Waals surface area contributed by atoms with Crippen LogP contribution in [0.4, 0.5) is 0 Å². The molecule has 0 saturated heterocycles. The van der Waals surface area contributed by atoms with E-state index < -0.39 is 0 Å². The van der Waals surface area contributed by atoms with Gasteiger partial charge in [-0.15, -0.1) is 0 Å². The fourth-order valence-electron chi connectivity index (χ4n) is 4.68. The number of aromatic nitrogens is 2. The minimum atomic E-state index is 0.464. The van der Waals surface area contributed by atoms with Crippen LogP contribution in [0.3, 0.4) is 0 Å². The van der Waals surface area contributed by atoms with Crippen LogP contribution < -0.4 is 0 Å². The second-order valence-electron chi connectivity index (χ2n) is 8.07. The molecule has 2 aliphatic rings. The van der Waals surface area contributed by atoms with E-state index >= 15 is 0 Å². The molecule has 0 spiro atoms. The van der Waals surface area contributed by atoms with Crippen molar-refractivity contribution in [2.24, 2.45) is 10.9 Å². The van der Waals surface area contributed by atoms with E-state index in [1.807, 2.05) is 19.2 Å². The third kappa shape index (κ3) is 3.98. The van der Waals surface area contributed by atoms with Crippen LogP contribution in [0.1, 0.15) is 75.5 Å². The zero-order chi connectivity index (χ0) is 20.2. The van der Waals surface area contributed by atoms with Gasteiger partial charge in [-0.3, -0.25) is 0 Å². The molecular weight excluding hydrogens is 358 g/mol. The summed E-state index contributed by atoms with van der Waals surface area (Å²) in [7, 11) is 0. The molecule has 2 N–H and O–H groups in total. The Morgan fingerprint density at radius 3 is 2.76 bits per heavy atom. The highest BCUT2D eigenvalue weighted by Gasteiger charge is 2.28. The number of ether oxygens (including phenoxy) is 1. The normalized spacial score (nSPS) is 18.9. The van der Waals surface area contributed by atoms with Crippen molar-refractivity contribution in [3.8, 4) is 0 Å². The molecule has 4 rings (SSSR count). The number of nitrogens with zero attached hydrogens (tertiary/aromatic N) is 1. The van der Waals surface area contributed by atoms with E-state index in [4.69, 9.17) is 9.73 Å². The summed E-state index contributed by atoms with van der Waals surface area (Å²) in [6, 6.07) is 6.47. The van der Waals surface area contributed by atoms with E-state index in [2.05, 4.69) is 42.0 Å². The molecule has 0 amide bonds. The quantitative estimate of drug-likeness (QED) is 0.554. The van der Waals surface area contributed by atoms with Crippen LogP contribution in [0, 0.1) is 5.92 Å². The summed E-state index contributed by atoms with van der Waals surface area (Å²) in [5.41, 5.74) is 8.47. The number of rotatable bonds is 8. The maximum atomic E-state index is 6.08. The number of aromatic amines is 2. The molecule has 1 aliphatic carbocycles. The number of aliphatic imine (C=N–C) groups is 1. The van der Waals surface area contributed by atoms with Gasteiger partial charge in [-0.1, -0.05) is 20.3 Å². The fourth-order valence-corrected chi connectivity index (χ4v) is 4.68. The smallest absolute Gasteiger partial charge is 0.147 e. The molecule has 3 heterocycles. The average Bonchev–Trinajstić information content (AvgIpc) is 3.47. The summed E-state index contributed by atoms with van der Waals surface area (Å²) in [5.74, 6) is 1.36. The highest BCUT2D eigenvalue weighted by atomic mass is 16.5. The molecule has 1 aliphatic heterocycles. The van der Waals surface area contributed by atoms with Gasteiger partial charge in [0, 0.05) is 29.2 Å². The van der Waals surface area contributed by atoms with Gasteiger partial charge in [-0.2, -0.15) is 0 Å². The monoisotopic (exact) mass is 391 g/mol. The Kier molecular flexibility index (Phi) is 6.08. The van der Waals surface area contributed by atoms with Gasteiger partial charge >= 0.3 is 0 Å². The molecule has 154 valence electrons. The number of H-pyrrole nitrogens is 2. The molecule has 0 fully saturated rings. The Bertz CT molecular complexity index is 904. The van der Waals surface area contributed by atoms with Crippen LogP contribution in [0.15, 0.2) is 46.9 Å². The van der Waals surface area contributed by atoms with Crippen LogP contribution in [-0.4, -0.2) is 22.3 Å². The van der Waals surface area contributed by atoms with Gasteiger partial charge in [0.1, 0.15) is 11.5 Å². The summed E-state index contributed by atoms with van der Waals surface area (Å²) < 4.78 is 6.08. The highest BCUT2D eigenvalue weighted by molar-refractivity contribution is 6.11. The third-order valence-electron chi connectivity index (χ3n) is 6.11. The van der Waals surface area contributed by atoms with Gasteiger partial charge in [0.05, 0.1) is 18.0 Å². The van der Waals surface area contributed by atoms with Crippen LogP contribution in [0.5, 0.6) is 0 Å². The molecule has 2 aromatic heterocycles. The lowest BCUT2D eigenvalue weighted by molar-refractivity contribution is 0.239. The number of hydrogen-bond acceptors (Lipinski definition) is 2. The van der Waals surface area contributed by atoms with Crippen LogP contribution >= 0.6 is 0 Å². The molecule has 2 aromatic rings. The minimum Gasteiger partial charge on any atom is -0.492 e. The van der Waals surface area contributed by atoms with E-state index in [9.17, 15) is 0 Å². The first-order valence-electron chi connectivity index (χ1n) is 11.3. The standard InChI is InChI=1S/C25H33N3O/c1-4-10-17(5-2)24(22-15-18-11-7-8-12-19(18)27-22)25-23(29-6-3)16-21(28-25)20-13-9-14-26-20/h9,13-17,26-27H,4-8,10-12H2,1-3H3. The summed E-state index contributed by atoms with van der Waals surface area (Å²) in [6.07, 6.45) is 12.4. The lowest BCUT2D eigenvalue weighted by Crippen LogP contribution is -2.07. The van der Waals surface area contributed by atoms with Crippen molar-refractivity contribution in [1.29, 1.82) is 0 Å². The molecule has 0 saturated carbocycles. The van der Waals surface area contributed by atoms with Crippen LogP contribution in [0.2, 0.25) is 0 Å². The lowest BCUT2D eigenvalue weighted by Gasteiger charge is -2.20. The molecule has 1 atom stereocenters. The molecule has 0 bridgehead atoms. The number of allylic oxidation sites excluding steroid dienone is 2. The summed E-state index contributed by atoms with van der Waals surface area (Å²) >= 11 is 0. The molecule has 4 nitrogen and oxygen atoms in total. The third-order valence-corrected chi connectivity index (χ3v) is 6.11. The molecule has 4 heteroatoms. The van der Waals surface area contributed by atoms with Crippen molar-refractivity contribution < 1.29 is 4.74 Å². The van der Waals surface area contributed by atoms with Gasteiger partial charge in [0.15, 0.2) is 0 Å². The topological polar surface area (TPSA) is 53.2 Å². The van der Waals surface area contributed by atoms with Crippen molar-refractivity contribution in [3.63, 3.8) is 0 Å². The Morgan fingerprint density at radius 1 is 1.21 bits per heavy atom.